The molecule has 0 bridgehead atoms. The average molecular weight is 304 g/mol. The molecule has 1 amide bonds. The van der Waals surface area contributed by atoms with Crippen LogP contribution in [-0.4, -0.2) is 41.4 Å². The summed E-state index contributed by atoms with van der Waals surface area (Å²) in [4.78, 5) is 29.8. The van der Waals surface area contributed by atoms with Crippen LogP contribution in [0.25, 0.3) is 0 Å². The second-order valence-electron chi connectivity index (χ2n) is 6.75. The quantitative estimate of drug-likeness (QED) is 0.435. The Morgan fingerprint density at radius 1 is 1.32 bits per heavy atom. The van der Waals surface area contributed by atoms with E-state index in [-0.39, 0.29) is 30.3 Å². The van der Waals surface area contributed by atoms with Crippen molar-refractivity contribution in [1.29, 1.82) is 0 Å². The Morgan fingerprint density at radius 2 is 2.00 bits per heavy atom. The topological polar surface area (TPSA) is 49.7 Å². The lowest BCUT2D eigenvalue weighted by Crippen LogP contribution is -2.36. The van der Waals surface area contributed by atoms with Crippen LogP contribution < -0.4 is 0 Å². The van der Waals surface area contributed by atoms with Crippen molar-refractivity contribution in [3.63, 3.8) is 0 Å². The maximum Gasteiger partial charge on any atom is 0.223 e. The number of carbonyl (C=O) groups is 2. The average Bonchev–Trinajstić information content (AvgIpc) is 3.19. The molecule has 0 saturated heterocycles. The number of hydrogen-bond donors (Lipinski definition) is 0. The van der Waals surface area contributed by atoms with Crippen molar-refractivity contribution in [3.8, 4) is 12.3 Å². The van der Waals surface area contributed by atoms with Crippen molar-refractivity contribution in [2.24, 2.45) is 10.9 Å². The van der Waals surface area contributed by atoms with E-state index < -0.39 is 0 Å². The van der Waals surface area contributed by atoms with Crippen molar-refractivity contribution in [2.75, 3.05) is 13.1 Å². The van der Waals surface area contributed by atoms with Gasteiger partial charge < -0.3 is 4.90 Å². The molecule has 0 N–H and O–H groups in total. The highest BCUT2D eigenvalue weighted by Gasteiger charge is 2.31. The molecule has 1 atom stereocenters. The van der Waals surface area contributed by atoms with Gasteiger partial charge in [0.1, 0.15) is 0 Å². The van der Waals surface area contributed by atoms with E-state index in [0.29, 0.717) is 25.2 Å². The van der Waals surface area contributed by atoms with Crippen LogP contribution in [0.3, 0.4) is 0 Å². The molecular weight excluding hydrogens is 276 g/mol. The Labute approximate surface area is 134 Å². The van der Waals surface area contributed by atoms with Crippen LogP contribution in [0.5, 0.6) is 0 Å². The fraction of sp³-hybridized carbons (Fsp3) is 0.722. The van der Waals surface area contributed by atoms with Gasteiger partial charge in [0.15, 0.2) is 5.78 Å². The molecule has 1 rings (SSSR count). The first-order valence-electron chi connectivity index (χ1n) is 8.15. The van der Waals surface area contributed by atoms with Crippen LogP contribution in [0.2, 0.25) is 0 Å². The molecule has 1 unspecified atom stereocenters. The predicted octanol–water partition coefficient (Wildman–Crippen LogP) is 2.86. The van der Waals surface area contributed by atoms with Gasteiger partial charge in [-0.3, -0.25) is 14.6 Å². The summed E-state index contributed by atoms with van der Waals surface area (Å²) < 4.78 is 0. The number of terminal acetylenes is 1. The van der Waals surface area contributed by atoms with Crippen LogP contribution >= 0.6 is 0 Å². The van der Waals surface area contributed by atoms with Crippen molar-refractivity contribution in [1.82, 2.24) is 4.90 Å². The van der Waals surface area contributed by atoms with E-state index in [2.05, 4.69) is 24.8 Å². The minimum atomic E-state index is -0.141. The maximum atomic E-state index is 12.2. The third-order valence-corrected chi connectivity index (χ3v) is 3.90. The van der Waals surface area contributed by atoms with Crippen LogP contribution in [0, 0.1) is 18.3 Å². The van der Waals surface area contributed by atoms with Gasteiger partial charge >= 0.3 is 0 Å². The number of nitrogens with zero attached hydrogens (tertiary/aromatic N) is 2. The summed E-state index contributed by atoms with van der Waals surface area (Å²) in [5.74, 6) is 3.19. The summed E-state index contributed by atoms with van der Waals surface area (Å²) in [6.07, 6.45) is 11.9. The Morgan fingerprint density at radius 3 is 2.55 bits per heavy atom. The fourth-order valence-corrected chi connectivity index (χ4v) is 2.27. The molecule has 0 radical (unpaired) electrons. The van der Waals surface area contributed by atoms with E-state index >= 15 is 0 Å². The Balaban J connectivity index is 2.30. The van der Waals surface area contributed by atoms with E-state index in [1.807, 2.05) is 13.1 Å². The molecular formula is C18H28N2O2. The molecule has 4 nitrogen and oxygen atoms in total. The van der Waals surface area contributed by atoms with Crippen molar-refractivity contribution >= 4 is 17.9 Å². The Hall–Kier alpha value is -1.63. The van der Waals surface area contributed by atoms with Gasteiger partial charge in [0.05, 0.1) is 18.6 Å². The molecule has 0 fully saturated rings. The molecule has 122 valence electrons. The van der Waals surface area contributed by atoms with Crippen LogP contribution in [-0.2, 0) is 9.59 Å². The summed E-state index contributed by atoms with van der Waals surface area (Å²) in [6, 6.07) is 0. The smallest absolute Gasteiger partial charge is 0.223 e. The highest BCUT2D eigenvalue weighted by molar-refractivity contribution is 5.88. The highest BCUT2D eigenvalue weighted by Crippen LogP contribution is 2.25. The third kappa shape index (κ3) is 7.40. The first kappa shape index (κ1) is 18.4. The number of aliphatic imine (C=N–C) groups is 1. The van der Waals surface area contributed by atoms with Gasteiger partial charge in [0, 0.05) is 19.1 Å². The second-order valence-corrected chi connectivity index (χ2v) is 6.75. The monoisotopic (exact) mass is 304 g/mol. The van der Waals surface area contributed by atoms with Crippen LogP contribution in [0.1, 0.15) is 59.3 Å². The predicted molar refractivity (Wildman–Crippen MR) is 89.9 cm³/mol. The summed E-state index contributed by atoms with van der Waals surface area (Å²) in [7, 11) is 0. The molecule has 0 spiro atoms. The zero-order valence-corrected chi connectivity index (χ0v) is 14.1. The van der Waals surface area contributed by atoms with Gasteiger partial charge in [-0.05, 0) is 25.7 Å². The molecule has 0 aliphatic carbocycles. The molecule has 1 heterocycles. The van der Waals surface area contributed by atoms with E-state index in [1.165, 1.54) is 4.90 Å². The number of hydrogen-bond acceptors (Lipinski definition) is 3. The summed E-state index contributed by atoms with van der Waals surface area (Å²) in [5.41, 5.74) is -0.141. The fourth-order valence-electron chi connectivity index (χ4n) is 2.27. The lowest BCUT2D eigenvalue weighted by Gasteiger charge is -2.20. The molecule has 0 aromatic rings. The van der Waals surface area contributed by atoms with Gasteiger partial charge in [-0.2, -0.15) is 0 Å². The van der Waals surface area contributed by atoms with Gasteiger partial charge in [-0.15, -0.1) is 6.42 Å². The van der Waals surface area contributed by atoms with Gasteiger partial charge in [-0.25, -0.2) is 0 Å². The standard InChI is InChI=1S/C18H28N2O2/c1-5-12-20(17(22)10-11-18(4)14-19-18)13-16(21)9-7-6-8-15(2)3/h1,14-15H,6-13H2,2-4H3. The minimum absolute atomic E-state index is 0.0507. The number of carbonyl (C=O) groups excluding carboxylic acids is 2. The van der Waals surface area contributed by atoms with Crippen molar-refractivity contribution in [2.45, 2.75) is 64.8 Å². The molecule has 1 aliphatic heterocycles. The molecule has 0 saturated carbocycles. The first-order valence-corrected chi connectivity index (χ1v) is 8.15. The summed E-state index contributed by atoms with van der Waals surface area (Å²) >= 11 is 0. The molecule has 1 aliphatic rings. The molecule has 4 heteroatoms. The number of ketones is 1. The lowest BCUT2D eigenvalue weighted by molar-refractivity contribution is -0.135. The normalized spacial score (nSPS) is 19.0. The third-order valence-electron chi connectivity index (χ3n) is 3.90. The van der Waals surface area contributed by atoms with E-state index in [4.69, 9.17) is 6.42 Å². The molecule has 0 aromatic heterocycles. The number of Topliss-reactive ketones (excluding diaryl/α,β-unsaturated/α-hetero) is 1. The van der Waals surface area contributed by atoms with Crippen molar-refractivity contribution in [3.05, 3.63) is 0 Å². The zero-order chi connectivity index (χ0) is 16.6. The van der Waals surface area contributed by atoms with E-state index in [9.17, 15) is 9.59 Å². The van der Waals surface area contributed by atoms with Crippen molar-refractivity contribution < 1.29 is 9.59 Å². The van der Waals surface area contributed by atoms with Gasteiger partial charge in [-0.1, -0.05) is 32.6 Å². The Kier molecular flexibility index (Phi) is 7.31. The van der Waals surface area contributed by atoms with Crippen LogP contribution in [0.15, 0.2) is 4.99 Å². The van der Waals surface area contributed by atoms with Crippen LogP contribution in [0.4, 0.5) is 0 Å². The number of unbranched alkanes of at least 4 members (excludes halogenated alkanes) is 1. The summed E-state index contributed by atoms with van der Waals surface area (Å²) in [6.45, 7) is 6.69. The Bertz CT molecular complexity index is 454. The number of amides is 1. The van der Waals surface area contributed by atoms with E-state index in [0.717, 1.165) is 19.3 Å². The highest BCUT2D eigenvalue weighted by atomic mass is 16.2. The second kappa shape index (κ2) is 8.73. The molecule has 22 heavy (non-hydrogen) atoms. The SMILES string of the molecule is C#CCN(CC(=O)CCCCC(C)C)C(=O)CCC1(C)C=N1. The largest absolute Gasteiger partial charge is 0.324 e. The first-order chi connectivity index (χ1) is 10.4. The lowest BCUT2D eigenvalue weighted by atomic mass is 10.0. The molecule has 0 aromatic carbocycles. The maximum absolute atomic E-state index is 12.2. The minimum Gasteiger partial charge on any atom is -0.324 e. The van der Waals surface area contributed by atoms with Gasteiger partial charge in [0.2, 0.25) is 5.91 Å². The number of rotatable bonds is 11. The zero-order valence-electron chi connectivity index (χ0n) is 14.1. The summed E-state index contributed by atoms with van der Waals surface area (Å²) in [5, 5.41) is 0. The van der Waals surface area contributed by atoms with Gasteiger partial charge in [0.25, 0.3) is 0 Å². The van der Waals surface area contributed by atoms with E-state index in [1.54, 1.807) is 0 Å².